The summed E-state index contributed by atoms with van der Waals surface area (Å²) in [7, 11) is 2.20. The Morgan fingerprint density at radius 3 is 2.74 bits per heavy atom. The Bertz CT molecular complexity index is 1390. The molecule has 3 aromatic rings. The second kappa shape index (κ2) is 10.8. The number of benzene rings is 1. The molecule has 39 heavy (non-hydrogen) atoms. The summed E-state index contributed by atoms with van der Waals surface area (Å²) in [5.41, 5.74) is 9.40. The first kappa shape index (κ1) is 27.5. The minimum atomic E-state index is -0.648. The molecule has 2 fully saturated rings. The first-order chi connectivity index (χ1) is 18.6. The number of carbonyl (C=O) groups is 2. The monoisotopic (exact) mass is 548 g/mol. The Labute approximate surface area is 235 Å². The lowest BCUT2D eigenvalue weighted by Crippen LogP contribution is -2.46. The molecule has 1 aromatic carbocycles. The van der Waals surface area contributed by atoms with Gasteiger partial charge in [0.2, 0.25) is 0 Å². The Hall–Kier alpha value is -3.04. The van der Waals surface area contributed by atoms with E-state index >= 15 is 0 Å². The predicted octanol–water partition coefficient (Wildman–Crippen LogP) is 5.36. The van der Waals surface area contributed by atoms with Crippen molar-refractivity contribution in [3.8, 4) is 0 Å². The topological polar surface area (TPSA) is 104 Å². The summed E-state index contributed by atoms with van der Waals surface area (Å²) in [5, 5.41) is 3.95. The van der Waals surface area contributed by atoms with Crippen LogP contribution in [0, 0.1) is 5.92 Å². The van der Waals surface area contributed by atoms with Gasteiger partial charge in [-0.05, 0) is 94.8 Å². The smallest absolute Gasteiger partial charge is 0.313 e. The van der Waals surface area contributed by atoms with Crippen LogP contribution in [0.3, 0.4) is 0 Å². The number of rotatable bonds is 4. The number of nitrogens with zero attached hydrogens (tertiary/aromatic N) is 4. The highest BCUT2D eigenvalue weighted by Gasteiger charge is 2.36. The van der Waals surface area contributed by atoms with Crippen molar-refractivity contribution in [3.05, 3.63) is 46.6 Å². The van der Waals surface area contributed by atoms with Gasteiger partial charge in [-0.15, -0.1) is 11.3 Å². The average Bonchev–Trinajstić information content (AvgIpc) is 3.34. The summed E-state index contributed by atoms with van der Waals surface area (Å²) in [4.78, 5) is 40.0. The predicted molar refractivity (Wildman–Crippen MR) is 158 cm³/mol. The summed E-state index contributed by atoms with van der Waals surface area (Å²) in [6, 6.07) is 8.00. The Morgan fingerprint density at radius 2 is 2.00 bits per heavy atom. The van der Waals surface area contributed by atoms with E-state index in [1.165, 1.54) is 15.9 Å². The quantitative estimate of drug-likeness (QED) is 0.425. The molecule has 3 N–H and O–H groups in total. The number of nitrogen functional groups attached to an aromatic ring is 1. The van der Waals surface area contributed by atoms with Crippen molar-refractivity contribution in [2.24, 2.45) is 5.92 Å². The molecule has 2 aliphatic rings. The molecule has 8 nitrogen and oxygen atoms in total. The molecule has 9 heteroatoms. The summed E-state index contributed by atoms with van der Waals surface area (Å²) in [6.45, 7) is 10.3. The Balaban J connectivity index is 1.36. The fourth-order valence-electron chi connectivity index (χ4n) is 5.98. The molecule has 3 atom stereocenters. The number of pyridine rings is 1. The van der Waals surface area contributed by atoms with Gasteiger partial charge in [0.05, 0.1) is 33.2 Å². The van der Waals surface area contributed by atoms with Crippen molar-refractivity contribution in [2.75, 3.05) is 31.2 Å². The Morgan fingerprint density at radius 1 is 1.21 bits per heavy atom. The molecule has 4 heterocycles. The number of piperidine rings is 2. The number of aromatic nitrogens is 2. The highest BCUT2D eigenvalue weighted by atomic mass is 32.1. The standard InChI is InChI=1S/C30H40N6O2S/c1-6-19-13-22(16-32-26(19)31)33-27(37)29(38)36-17-18(2)7-9-24(36)20-8-10-25-23(14-20)34-28(39-25)21-11-12-35(5)30(3,4)15-21/h8,10,13-14,16,18,21,24H,6-7,9,11-12,15,17H2,1-5H3,(H2,31,32)(H,33,37)/t18-,21-,24?/m0/s1. The molecule has 0 saturated carbocycles. The number of carbonyl (C=O) groups excluding carboxylic acids is 2. The largest absolute Gasteiger partial charge is 0.383 e. The van der Waals surface area contributed by atoms with E-state index in [-0.39, 0.29) is 11.6 Å². The van der Waals surface area contributed by atoms with Crippen LogP contribution in [0.4, 0.5) is 11.5 Å². The summed E-state index contributed by atoms with van der Waals surface area (Å²) >= 11 is 1.79. The van der Waals surface area contributed by atoms with Gasteiger partial charge in [-0.1, -0.05) is 19.9 Å². The van der Waals surface area contributed by atoms with Crippen LogP contribution in [0.25, 0.3) is 10.2 Å². The molecule has 0 spiro atoms. The molecular weight excluding hydrogens is 508 g/mol. The van der Waals surface area contributed by atoms with Crippen LogP contribution in [0.2, 0.25) is 0 Å². The molecule has 2 saturated heterocycles. The molecule has 5 rings (SSSR count). The number of aryl methyl sites for hydroxylation is 1. The lowest BCUT2D eigenvalue weighted by Gasteiger charge is -2.43. The van der Waals surface area contributed by atoms with Gasteiger partial charge >= 0.3 is 11.8 Å². The van der Waals surface area contributed by atoms with Gasteiger partial charge in [0.1, 0.15) is 5.82 Å². The Kier molecular flexibility index (Phi) is 7.66. The average molecular weight is 549 g/mol. The van der Waals surface area contributed by atoms with Crippen LogP contribution in [-0.2, 0) is 16.0 Å². The molecule has 2 aromatic heterocycles. The van der Waals surface area contributed by atoms with E-state index in [1.54, 1.807) is 22.3 Å². The lowest BCUT2D eigenvalue weighted by atomic mass is 9.83. The normalized spacial score (nSPS) is 23.6. The zero-order valence-corrected chi connectivity index (χ0v) is 24.5. The van der Waals surface area contributed by atoms with Gasteiger partial charge in [0, 0.05) is 18.0 Å². The second-order valence-corrected chi connectivity index (χ2v) is 13.0. The van der Waals surface area contributed by atoms with E-state index in [1.807, 2.05) is 6.92 Å². The van der Waals surface area contributed by atoms with Crippen molar-refractivity contribution in [1.29, 1.82) is 0 Å². The number of anilines is 2. The number of amides is 2. The maximum absolute atomic E-state index is 13.5. The van der Waals surface area contributed by atoms with Crippen LogP contribution < -0.4 is 11.1 Å². The van der Waals surface area contributed by atoms with E-state index in [0.717, 1.165) is 48.9 Å². The summed E-state index contributed by atoms with van der Waals surface area (Å²) in [6.07, 6.45) is 6.22. The maximum atomic E-state index is 13.5. The number of hydrogen-bond acceptors (Lipinski definition) is 7. The minimum absolute atomic E-state index is 0.159. The molecule has 208 valence electrons. The first-order valence-electron chi connectivity index (χ1n) is 14.0. The van der Waals surface area contributed by atoms with Gasteiger partial charge in [-0.3, -0.25) is 9.59 Å². The third-order valence-corrected chi connectivity index (χ3v) is 9.87. The zero-order chi connectivity index (χ0) is 27.9. The number of thiazole rings is 1. The van der Waals surface area contributed by atoms with Gasteiger partial charge in [0.15, 0.2) is 0 Å². The third kappa shape index (κ3) is 5.65. The maximum Gasteiger partial charge on any atom is 0.313 e. The van der Waals surface area contributed by atoms with Crippen LogP contribution in [-0.4, -0.2) is 57.3 Å². The number of nitrogens with two attached hydrogens (primary N) is 1. The third-order valence-electron chi connectivity index (χ3n) is 8.67. The van der Waals surface area contributed by atoms with Crippen molar-refractivity contribution in [3.63, 3.8) is 0 Å². The molecule has 1 unspecified atom stereocenters. The van der Waals surface area contributed by atoms with Crippen LogP contribution >= 0.6 is 11.3 Å². The zero-order valence-electron chi connectivity index (χ0n) is 23.7. The number of hydrogen-bond donors (Lipinski definition) is 2. The lowest BCUT2D eigenvalue weighted by molar-refractivity contribution is -0.146. The van der Waals surface area contributed by atoms with E-state index in [4.69, 9.17) is 10.7 Å². The van der Waals surface area contributed by atoms with Crippen molar-refractivity contribution < 1.29 is 9.59 Å². The second-order valence-electron chi connectivity index (χ2n) is 11.9. The molecule has 2 aliphatic heterocycles. The molecule has 0 radical (unpaired) electrons. The molecular formula is C30H40N6O2S. The SMILES string of the molecule is CCc1cc(NC(=O)C(=O)N2C[C@@H](C)CCC2c2ccc3sc([C@H]4CCN(C)C(C)(C)C4)nc3c2)cnc1N. The summed E-state index contributed by atoms with van der Waals surface area (Å²) in [5.74, 6) is 0.0567. The van der Waals surface area contributed by atoms with Crippen LogP contribution in [0.15, 0.2) is 30.5 Å². The number of nitrogens with one attached hydrogen (secondary N) is 1. The van der Waals surface area contributed by atoms with Gasteiger partial charge in [-0.2, -0.15) is 0 Å². The molecule has 2 amide bonds. The highest BCUT2D eigenvalue weighted by Crippen LogP contribution is 2.41. The van der Waals surface area contributed by atoms with E-state index < -0.39 is 11.8 Å². The van der Waals surface area contributed by atoms with E-state index in [2.05, 4.69) is 61.2 Å². The number of likely N-dealkylation sites (tertiary alicyclic amines) is 2. The first-order valence-corrected chi connectivity index (χ1v) is 14.8. The van der Waals surface area contributed by atoms with Crippen molar-refractivity contribution >= 4 is 44.9 Å². The molecule has 0 bridgehead atoms. The van der Waals surface area contributed by atoms with Gasteiger partial charge < -0.3 is 20.9 Å². The van der Waals surface area contributed by atoms with Crippen molar-refractivity contribution in [1.82, 2.24) is 19.8 Å². The minimum Gasteiger partial charge on any atom is -0.383 e. The summed E-state index contributed by atoms with van der Waals surface area (Å²) < 4.78 is 1.17. The van der Waals surface area contributed by atoms with Crippen LogP contribution in [0.5, 0.6) is 0 Å². The highest BCUT2D eigenvalue weighted by molar-refractivity contribution is 7.18. The van der Waals surface area contributed by atoms with E-state index in [0.29, 0.717) is 36.3 Å². The molecule has 0 aliphatic carbocycles. The van der Waals surface area contributed by atoms with Gasteiger partial charge in [-0.25, -0.2) is 9.97 Å². The number of fused-ring (bicyclic) bond motifs is 1. The fourth-order valence-corrected chi connectivity index (χ4v) is 7.06. The van der Waals surface area contributed by atoms with Crippen LogP contribution in [0.1, 0.15) is 81.5 Å². The fraction of sp³-hybridized carbons (Fsp3) is 0.533. The van der Waals surface area contributed by atoms with E-state index in [9.17, 15) is 9.59 Å². The van der Waals surface area contributed by atoms with Crippen molar-refractivity contribution in [2.45, 2.75) is 77.3 Å². The van der Waals surface area contributed by atoms with Gasteiger partial charge in [0.25, 0.3) is 0 Å².